The van der Waals surface area contributed by atoms with E-state index < -0.39 is 0 Å². The van der Waals surface area contributed by atoms with E-state index in [2.05, 4.69) is 43.5 Å². The fraction of sp³-hybridized carbons (Fsp3) is 0.714. The van der Waals surface area contributed by atoms with E-state index in [9.17, 15) is 4.79 Å². The van der Waals surface area contributed by atoms with E-state index in [0.29, 0.717) is 18.3 Å². The molecule has 5 heteroatoms. The first-order valence-electron chi connectivity index (χ1n) is 6.87. The average molecular weight is 267 g/mol. The van der Waals surface area contributed by atoms with E-state index in [1.165, 1.54) is 0 Å². The Bertz CT molecular complexity index is 413. The van der Waals surface area contributed by atoms with Gasteiger partial charge in [-0.3, -0.25) is 4.79 Å². The number of aryl methyl sites for hydroxylation is 1. The lowest BCUT2D eigenvalue weighted by atomic mass is 9.85. The van der Waals surface area contributed by atoms with E-state index in [1.807, 2.05) is 6.92 Å². The molecule has 0 radical (unpaired) electrons. The van der Waals surface area contributed by atoms with Gasteiger partial charge in [-0.05, 0) is 18.9 Å². The zero-order valence-corrected chi connectivity index (χ0v) is 12.5. The minimum atomic E-state index is -0.180. The molecule has 1 aromatic rings. The molecule has 0 spiro atoms. The van der Waals surface area contributed by atoms with Gasteiger partial charge in [-0.2, -0.15) is 0 Å². The molecule has 2 N–H and O–H groups in total. The maximum Gasteiger partial charge on any atom is 0.273 e. The normalized spacial score (nSPS) is 13.3. The molecule has 1 heterocycles. The Morgan fingerprint density at radius 3 is 2.68 bits per heavy atom. The number of nitrogens with one attached hydrogen (secondary N) is 2. The standard InChI is InChI=1S/C14H25N3O2/c1-6-11-8-12(17-19-11)13(18)16-9-14(4,5)10(3)15-7-2/h8,10,15H,6-7,9H2,1-5H3,(H,16,18). The molecule has 0 saturated carbocycles. The van der Waals surface area contributed by atoms with Crippen molar-refractivity contribution in [3.05, 3.63) is 17.5 Å². The van der Waals surface area contributed by atoms with Crippen molar-refractivity contribution in [2.45, 2.75) is 47.1 Å². The quantitative estimate of drug-likeness (QED) is 0.793. The first-order valence-corrected chi connectivity index (χ1v) is 6.87. The Morgan fingerprint density at radius 2 is 2.16 bits per heavy atom. The molecule has 108 valence electrons. The summed E-state index contributed by atoms with van der Waals surface area (Å²) in [6, 6.07) is 2.01. The second kappa shape index (κ2) is 6.70. The number of aromatic nitrogens is 1. The molecule has 1 unspecified atom stereocenters. The van der Waals surface area contributed by atoms with Crippen molar-refractivity contribution in [1.29, 1.82) is 0 Å². The van der Waals surface area contributed by atoms with Crippen LogP contribution in [0.1, 0.15) is 50.9 Å². The summed E-state index contributed by atoms with van der Waals surface area (Å²) in [6.45, 7) is 11.9. The predicted molar refractivity (Wildman–Crippen MR) is 75.1 cm³/mol. The number of carbonyl (C=O) groups excluding carboxylic acids is 1. The molecule has 0 fully saturated rings. The van der Waals surface area contributed by atoms with Crippen LogP contribution in [0.2, 0.25) is 0 Å². The third kappa shape index (κ3) is 4.35. The summed E-state index contributed by atoms with van der Waals surface area (Å²) in [6.07, 6.45) is 0.739. The Hall–Kier alpha value is -1.36. The summed E-state index contributed by atoms with van der Waals surface area (Å²) in [5, 5.41) is 10.1. The van der Waals surface area contributed by atoms with Gasteiger partial charge < -0.3 is 15.2 Å². The van der Waals surface area contributed by atoms with Gasteiger partial charge in [0, 0.05) is 25.1 Å². The van der Waals surface area contributed by atoms with Crippen LogP contribution in [0.15, 0.2) is 10.6 Å². The molecule has 0 aromatic carbocycles. The summed E-state index contributed by atoms with van der Waals surface area (Å²) in [5.41, 5.74) is 0.326. The minimum Gasteiger partial charge on any atom is -0.361 e. The van der Waals surface area contributed by atoms with Gasteiger partial charge >= 0.3 is 0 Å². The highest BCUT2D eigenvalue weighted by atomic mass is 16.5. The molecule has 1 amide bonds. The number of carbonyl (C=O) groups is 1. The second-order valence-electron chi connectivity index (χ2n) is 5.48. The molecule has 0 aliphatic rings. The Balaban J connectivity index is 2.53. The average Bonchev–Trinajstić information content (AvgIpc) is 2.85. The van der Waals surface area contributed by atoms with Crippen molar-refractivity contribution < 1.29 is 9.32 Å². The number of nitrogens with zero attached hydrogens (tertiary/aromatic N) is 1. The lowest BCUT2D eigenvalue weighted by Crippen LogP contribution is -2.46. The zero-order chi connectivity index (χ0) is 14.5. The molecule has 0 aliphatic heterocycles. The number of hydrogen-bond donors (Lipinski definition) is 2. The fourth-order valence-corrected chi connectivity index (χ4v) is 1.72. The van der Waals surface area contributed by atoms with E-state index >= 15 is 0 Å². The van der Waals surface area contributed by atoms with E-state index in [-0.39, 0.29) is 11.3 Å². The molecule has 0 aliphatic carbocycles. The lowest BCUT2D eigenvalue weighted by molar-refractivity contribution is 0.0919. The summed E-state index contributed by atoms with van der Waals surface area (Å²) in [4.78, 5) is 11.9. The monoisotopic (exact) mass is 267 g/mol. The van der Waals surface area contributed by atoms with Gasteiger partial charge in [0.1, 0.15) is 5.76 Å². The summed E-state index contributed by atoms with van der Waals surface area (Å²) >= 11 is 0. The third-order valence-electron chi connectivity index (χ3n) is 3.53. The lowest BCUT2D eigenvalue weighted by Gasteiger charge is -2.32. The molecular weight excluding hydrogens is 242 g/mol. The Morgan fingerprint density at radius 1 is 1.47 bits per heavy atom. The highest BCUT2D eigenvalue weighted by Crippen LogP contribution is 2.19. The van der Waals surface area contributed by atoms with E-state index in [4.69, 9.17) is 4.52 Å². The summed E-state index contributed by atoms with van der Waals surface area (Å²) in [7, 11) is 0. The topological polar surface area (TPSA) is 67.2 Å². The van der Waals surface area contributed by atoms with Crippen LogP contribution in [0.3, 0.4) is 0 Å². The van der Waals surface area contributed by atoms with Crippen LogP contribution in [0.25, 0.3) is 0 Å². The zero-order valence-electron chi connectivity index (χ0n) is 12.5. The first kappa shape index (κ1) is 15.7. The highest BCUT2D eigenvalue weighted by molar-refractivity contribution is 5.92. The fourth-order valence-electron chi connectivity index (χ4n) is 1.72. The van der Waals surface area contributed by atoms with Crippen LogP contribution in [-0.2, 0) is 6.42 Å². The van der Waals surface area contributed by atoms with Crippen molar-refractivity contribution in [2.75, 3.05) is 13.1 Å². The molecule has 0 saturated heterocycles. The van der Waals surface area contributed by atoms with Gasteiger partial charge in [-0.25, -0.2) is 0 Å². The van der Waals surface area contributed by atoms with Crippen LogP contribution in [0.5, 0.6) is 0 Å². The Labute approximate surface area is 115 Å². The summed E-state index contributed by atoms with van der Waals surface area (Å²) in [5.74, 6) is 0.547. The molecule has 19 heavy (non-hydrogen) atoms. The van der Waals surface area contributed by atoms with E-state index in [1.54, 1.807) is 6.07 Å². The molecule has 1 rings (SSSR count). The molecule has 5 nitrogen and oxygen atoms in total. The first-order chi connectivity index (χ1) is 8.90. The molecule has 1 atom stereocenters. The van der Waals surface area contributed by atoms with Crippen LogP contribution in [0, 0.1) is 5.41 Å². The van der Waals surface area contributed by atoms with Crippen molar-refractivity contribution >= 4 is 5.91 Å². The third-order valence-corrected chi connectivity index (χ3v) is 3.53. The molecular formula is C14H25N3O2. The van der Waals surface area contributed by atoms with Gasteiger partial charge in [0.25, 0.3) is 5.91 Å². The highest BCUT2D eigenvalue weighted by Gasteiger charge is 2.26. The van der Waals surface area contributed by atoms with Gasteiger partial charge in [0.05, 0.1) is 0 Å². The van der Waals surface area contributed by atoms with Crippen LogP contribution < -0.4 is 10.6 Å². The van der Waals surface area contributed by atoms with Crippen molar-refractivity contribution in [3.63, 3.8) is 0 Å². The van der Waals surface area contributed by atoms with Gasteiger partial charge in [-0.15, -0.1) is 0 Å². The van der Waals surface area contributed by atoms with Crippen molar-refractivity contribution in [3.8, 4) is 0 Å². The van der Waals surface area contributed by atoms with Crippen LogP contribution >= 0.6 is 0 Å². The van der Waals surface area contributed by atoms with E-state index in [0.717, 1.165) is 18.7 Å². The Kier molecular flexibility index (Phi) is 5.54. The maximum absolute atomic E-state index is 11.9. The van der Waals surface area contributed by atoms with Gasteiger partial charge in [0.15, 0.2) is 5.69 Å². The summed E-state index contributed by atoms with van der Waals surface area (Å²) < 4.78 is 5.03. The molecule has 1 aromatic heterocycles. The smallest absolute Gasteiger partial charge is 0.273 e. The van der Waals surface area contributed by atoms with Crippen LogP contribution in [0.4, 0.5) is 0 Å². The largest absolute Gasteiger partial charge is 0.361 e. The number of rotatable bonds is 7. The number of amides is 1. The van der Waals surface area contributed by atoms with Gasteiger partial charge in [0.2, 0.25) is 0 Å². The second-order valence-corrected chi connectivity index (χ2v) is 5.48. The van der Waals surface area contributed by atoms with Crippen molar-refractivity contribution in [1.82, 2.24) is 15.8 Å². The molecule has 0 bridgehead atoms. The SMILES string of the molecule is CCNC(C)C(C)(C)CNC(=O)c1cc(CC)on1. The predicted octanol–water partition coefficient (Wildman–Crippen LogP) is 1.99. The minimum absolute atomic E-state index is 0.0248. The maximum atomic E-state index is 11.9. The number of hydrogen-bond acceptors (Lipinski definition) is 4. The van der Waals surface area contributed by atoms with Crippen molar-refractivity contribution in [2.24, 2.45) is 5.41 Å². The van der Waals surface area contributed by atoms with Crippen LogP contribution in [-0.4, -0.2) is 30.2 Å². The van der Waals surface area contributed by atoms with Gasteiger partial charge in [-0.1, -0.05) is 32.9 Å².